The van der Waals surface area contributed by atoms with Crippen LogP contribution in [0.1, 0.15) is 28.9 Å². The van der Waals surface area contributed by atoms with Gasteiger partial charge in [-0.15, -0.1) is 11.3 Å². The Morgan fingerprint density at radius 3 is 2.58 bits per heavy atom. The molecule has 0 radical (unpaired) electrons. The molecule has 0 saturated carbocycles. The first-order chi connectivity index (χ1) is 18.3. The lowest BCUT2D eigenvalue weighted by atomic mass is 10.0. The van der Waals surface area contributed by atoms with Crippen molar-refractivity contribution in [3.05, 3.63) is 51.8 Å². The van der Waals surface area contributed by atoms with Crippen molar-refractivity contribution >= 4 is 27.3 Å². The highest BCUT2D eigenvalue weighted by molar-refractivity contribution is 7.21. The van der Waals surface area contributed by atoms with Gasteiger partial charge in [-0.3, -0.25) is 9.59 Å². The van der Waals surface area contributed by atoms with Crippen molar-refractivity contribution in [2.24, 2.45) is 7.05 Å². The van der Waals surface area contributed by atoms with Gasteiger partial charge in [0.05, 0.1) is 24.7 Å². The van der Waals surface area contributed by atoms with Gasteiger partial charge >= 0.3 is 0 Å². The molecule has 204 valence electrons. The van der Waals surface area contributed by atoms with E-state index in [1.54, 1.807) is 24.8 Å². The summed E-state index contributed by atoms with van der Waals surface area (Å²) < 4.78 is 13.7. The van der Waals surface area contributed by atoms with Crippen LogP contribution in [0, 0.1) is 0 Å². The summed E-state index contributed by atoms with van der Waals surface area (Å²) in [7, 11) is 7.72. The predicted octanol–water partition coefficient (Wildman–Crippen LogP) is 3.53. The van der Waals surface area contributed by atoms with Crippen molar-refractivity contribution in [3.8, 4) is 16.9 Å². The fourth-order valence-corrected chi connectivity index (χ4v) is 6.47. The van der Waals surface area contributed by atoms with Crippen LogP contribution in [-0.4, -0.2) is 97.9 Å². The van der Waals surface area contributed by atoms with Crippen LogP contribution in [0.25, 0.3) is 21.2 Å². The fraction of sp³-hybridized carbons (Fsp3) is 0.517. The van der Waals surface area contributed by atoms with Gasteiger partial charge in [-0.05, 0) is 76.3 Å². The molecule has 1 atom stereocenters. The molecule has 9 heteroatoms. The first-order valence-electron chi connectivity index (χ1n) is 13.4. The van der Waals surface area contributed by atoms with E-state index in [1.807, 2.05) is 35.4 Å². The molecule has 5 rings (SSSR count). The van der Waals surface area contributed by atoms with Crippen LogP contribution in [0.3, 0.4) is 0 Å². The molecule has 38 heavy (non-hydrogen) atoms. The van der Waals surface area contributed by atoms with Gasteiger partial charge in [0, 0.05) is 60.6 Å². The molecule has 1 aromatic carbocycles. The Balaban J connectivity index is 1.39. The van der Waals surface area contributed by atoms with Crippen molar-refractivity contribution in [2.75, 3.05) is 60.5 Å². The highest BCUT2D eigenvalue weighted by Gasteiger charge is 2.27. The van der Waals surface area contributed by atoms with Crippen molar-refractivity contribution in [3.63, 3.8) is 0 Å². The third-order valence-electron chi connectivity index (χ3n) is 7.86. The van der Waals surface area contributed by atoms with Crippen LogP contribution in [0.4, 0.5) is 0 Å². The van der Waals surface area contributed by atoms with E-state index in [-0.39, 0.29) is 17.6 Å². The van der Waals surface area contributed by atoms with Gasteiger partial charge in [-0.1, -0.05) is 0 Å². The van der Waals surface area contributed by atoms with Crippen LogP contribution < -0.4 is 10.3 Å². The number of carbonyl (C=O) groups is 1. The third-order valence-corrected chi connectivity index (χ3v) is 9.01. The van der Waals surface area contributed by atoms with Gasteiger partial charge in [0.15, 0.2) is 0 Å². The molecule has 0 N–H and O–H groups in total. The smallest absolute Gasteiger partial charge is 0.264 e. The minimum absolute atomic E-state index is 0.0539. The van der Waals surface area contributed by atoms with Gasteiger partial charge in [-0.2, -0.15) is 0 Å². The van der Waals surface area contributed by atoms with E-state index in [4.69, 9.17) is 9.47 Å². The summed E-state index contributed by atoms with van der Waals surface area (Å²) in [5.74, 6) is 0.800. The average Bonchev–Trinajstić information content (AvgIpc) is 3.64. The van der Waals surface area contributed by atoms with Crippen LogP contribution in [0.5, 0.6) is 5.75 Å². The normalized spacial score (nSPS) is 18.3. The number of likely N-dealkylation sites (tertiary alicyclic amines) is 1. The molecule has 0 aliphatic carbocycles. The van der Waals surface area contributed by atoms with Gasteiger partial charge in [0.25, 0.3) is 5.91 Å². The number of carbonyl (C=O) groups excluding carboxylic acids is 1. The molecule has 2 aliphatic rings. The Hall–Kier alpha value is -2.72. The number of methoxy groups -OCH3 is 1. The summed E-state index contributed by atoms with van der Waals surface area (Å²) in [6.45, 7) is 5.21. The first kappa shape index (κ1) is 26.9. The van der Waals surface area contributed by atoms with E-state index in [2.05, 4.69) is 23.9 Å². The second kappa shape index (κ2) is 11.6. The molecule has 0 bridgehead atoms. The number of nitrogens with zero attached hydrogens (tertiary/aromatic N) is 4. The van der Waals surface area contributed by atoms with E-state index >= 15 is 0 Å². The number of thiophene rings is 1. The SMILES string of the molecule is COc1ccc(-c2ccc(=O)n(C)c2)c2sc(C(=O)N(CCC3CO3)CCN3CCC(N(C)C)CC3)cc12. The quantitative estimate of drug-likeness (QED) is 0.368. The van der Waals surface area contributed by atoms with E-state index in [0.29, 0.717) is 24.0 Å². The molecule has 2 aromatic heterocycles. The first-order valence-corrected chi connectivity index (χ1v) is 14.2. The summed E-state index contributed by atoms with van der Waals surface area (Å²) in [6.07, 6.45) is 5.32. The predicted molar refractivity (Wildman–Crippen MR) is 152 cm³/mol. The lowest BCUT2D eigenvalue weighted by Gasteiger charge is -2.36. The van der Waals surface area contributed by atoms with Crippen LogP contribution in [0.2, 0.25) is 0 Å². The molecule has 3 aromatic rings. The minimum atomic E-state index is -0.0539. The zero-order valence-electron chi connectivity index (χ0n) is 22.8. The Morgan fingerprint density at radius 2 is 1.92 bits per heavy atom. The van der Waals surface area contributed by atoms with Gasteiger partial charge < -0.3 is 28.7 Å². The van der Waals surface area contributed by atoms with Crippen LogP contribution in [0.15, 0.2) is 41.3 Å². The van der Waals surface area contributed by atoms with Gasteiger partial charge in [0.1, 0.15) is 5.75 Å². The van der Waals surface area contributed by atoms with E-state index in [1.165, 1.54) is 24.2 Å². The maximum Gasteiger partial charge on any atom is 0.264 e. The zero-order chi connectivity index (χ0) is 26.8. The molecule has 1 unspecified atom stereocenters. The standard InChI is InChI=1S/C29H38N4O4S/c1-30(2)21-9-12-32(13-10-21)15-16-33(14-11-22-19-37-22)29(35)26-17-24-25(36-4)7-6-23(28(24)38-26)20-5-8-27(34)31(3)18-20/h5-8,17-18,21-22H,9-16,19H2,1-4H3. The zero-order valence-corrected chi connectivity index (χ0v) is 23.6. The van der Waals surface area contributed by atoms with Crippen molar-refractivity contribution in [1.82, 2.24) is 19.3 Å². The number of fused-ring (bicyclic) bond motifs is 1. The maximum atomic E-state index is 13.9. The summed E-state index contributed by atoms with van der Waals surface area (Å²) in [5.41, 5.74) is 1.87. The van der Waals surface area contributed by atoms with Crippen molar-refractivity contribution < 1.29 is 14.3 Å². The second-order valence-electron chi connectivity index (χ2n) is 10.6. The molecule has 4 heterocycles. The molecular weight excluding hydrogens is 500 g/mol. The number of ether oxygens (including phenoxy) is 2. The Morgan fingerprint density at radius 1 is 1.16 bits per heavy atom. The Kier molecular flexibility index (Phi) is 8.18. The molecule has 2 aliphatic heterocycles. The lowest BCUT2D eigenvalue weighted by Crippen LogP contribution is -2.45. The number of hydrogen-bond acceptors (Lipinski definition) is 7. The highest BCUT2D eigenvalue weighted by atomic mass is 32.1. The van der Waals surface area contributed by atoms with E-state index in [9.17, 15) is 9.59 Å². The number of epoxide rings is 1. The number of piperidine rings is 1. The minimum Gasteiger partial charge on any atom is -0.496 e. The van der Waals surface area contributed by atoms with E-state index < -0.39 is 0 Å². The summed E-state index contributed by atoms with van der Waals surface area (Å²) in [6, 6.07) is 9.97. The number of rotatable bonds is 10. The summed E-state index contributed by atoms with van der Waals surface area (Å²) in [5, 5.41) is 0.920. The molecule has 2 fully saturated rings. The lowest BCUT2D eigenvalue weighted by molar-refractivity contribution is 0.0713. The summed E-state index contributed by atoms with van der Waals surface area (Å²) in [4.78, 5) is 33.4. The van der Waals surface area contributed by atoms with Crippen LogP contribution in [-0.2, 0) is 11.8 Å². The third kappa shape index (κ3) is 5.96. The van der Waals surface area contributed by atoms with Crippen molar-refractivity contribution in [1.29, 1.82) is 0 Å². The number of benzene rings is 1. The maximum absolute atomic E-state index is 13.9. The number of aryl methyl sites for hydroxylation is 1. The van der Waals surface area contributed by atoms with Crippen LogP contribution >= 0.6 is 11.3 Å². The topological polar surface area (TPSA) is 70.5 Å². The molecule has 8 nitrogen and oxygen atoms in total. The average molecular weight is 539 g/mol. The monoisotopic (exact) mass is 538 g/mol. The highest BCUT2D eigenvalue weighted by Crippen LogP contribution is 2.40. The second-order valence-corrected chi connectivity index (χ2v) is 11.7. The fourth-order valence-electron chi connectivity index (χ4n) is 5.29. The number of aromatic nitrogens is 1. The van der Waals surface area contributed by atoms with Crippen molar-refractivity contribution in [2.45, 2.75) is 31.4 Å². The molecule has 0 spiro atoms. The molecular formula is C29H38N4O4S. The van der Waals surface area contributed by atoms with Gasteiger partial charge in [0.2, 0.25) is 5.56 Å². The Labute approximate surface area is 228 Å². The number of hydrogen-bond donors (Lipinski definition) is 0. The number of pyridine rings is 1. The molecule has 2 saturated heterocycles. The summed E-state index contributed by atoms with van der Waals surface area (Å²) >= 11 is 1.50. The Bertz CT molecular complexity index is 1340. The molecule has 1 amide bonds. The van der Waals surface area contributed by atoms with Gasteiger partial charge in [-0.25, -0.2) is 0 Å². The van der Waals surface area contributed by atoms with E-state index in [0.717, 1.165) is 59.6 Å². The number of amides is 1. The largest absolute Gasteiger partial charge is 0.496 e.